The SMILES string of the molecule is CCCCNC(=O)C(CC(O)C(CC(CNC(=O)c1ccccc1OCCCN1CCOCC1)C(C)C)NC(=O)OC(C)(C)C)C(C)C. The van der Waals surface area contributed by atoms with Gasteiger partial charge >= 0.3 is 6.09 Å². The summed E-state index contributed by atoms with van der Waals surface area (Å²) in [7, 11) is 0. The predicted molar refractivity (Wildman–Crippen MR) is 189 cm³/mol. The molecule has 0 bridgehead atoms. The monoisotopic (exact) mass is 676 g/mol. The number of carbonyl (C=O) groups is 3. The van der Waals surface area contributed by atoms with Gasteiger partial charge in [0.15, 0.2) is 0 Å². The molecule has 1 aromatic carbocycles. The third-order valence-corrected chi connectivity index (χ3v) is 8.77. The number of amides is 3. The molecule has 2 rings (SSSR count). The molecule has 1 aromatic rings. The molecule has 48 heavy (non-hydrogen) atoms. The lowest BCUT2D eigenvalue weighted by Crippen LogP contribution is -2.49. The van der Waals surface area contributed by atoms with E-state index in [1.54, 1.807) is 26.8 Å². The van der Waals surface area contributed by atoms with Crippen LogP contribution in [0.5, 0.6) is 5.75 Å². The summed E-state index contributed by atoms with van der Waals surface area (Å²) >= 11 is 0. The Hall–Kier alpha value is -2.89. The molecular formula is C37H64N4O7. The number of nitrogens with one attached hydrogen (secondary N) is 3. The van der Waals surface area contributed by atoms with E-state index in [9.17, 15) is 19.5 Å². The second-order valence-electron chi connectivity index (χ2n) is 14.7. The number of unbranched alkanes of at least 4 members (excludes halogenated alkanes) is 1. The average Bonchev–Trinajstić information content (AvgIpc) is 3.02. The topological polar surface area (TPSA) is 138 Å². The van der Waals surface area contributed by atoms with Crippen molar-refractivity contribution in [1.29, 1.82) is 0 Å². The minimum atomic E-state index is -1.01. The van der Waals surface area contributed by atoms with Gasteiger partial charge in [-0.15, -0.1) is 0 Å². The molecule has 1 fully saturated rings. The molecule has 0 aliphatic carbocycles. The van der Waals surface area contributed by atoms with Gasteiger partial charge in [0.2, 0.25) is 5.91 Å². The van der Waals surface area contributed by atoms with Crippen LogP contribution < -0.4 is 20.7 Å². The number of hydrogen-bond acceptors (Lipinski definition) is 8. The zero-order chi connectivity index (χ0) is 35.7. The van der Waals surface area contributed by atoms with Gasteiger partial charge in [-0.05, 0) is 76.3 Å². The quantitative estimate of drug-likeness (QED) is 0.142. The summed E-state index contributed by atoms with van der Waals surface area (Å²) in [6.45, 7) is 21.1. The van der Waals surface area contributed by atoms with Crippen LogP contribution in [0.15, 0.2) is 24.3 Å². The summed E-state index contributed by atoms with van der Waals surface area (Å²) in [6, 6.07) is 6.54. The molecule has 0 spiro atoms. The van der Waals surface area contributed by atoms with Crippen molar-refractivity contribution in [3.63, 3.8) is 0 Å². The van der Waals surface area contributed by atoms with Crippen molar-refractivity contribution in [1.82, 2.24) is 20.9 Å². The first kappa shape index (κ1) is 41.3. The molecule has 0 saturated carbocycles. The van der Waals surface area contributed by atoms with E-state index in [2.05, 4.69) is 41.6 Å². The first-order valence-corrected chi connectivity index (χ1v) is 18.0. The van der Waals surface area contributed by atoms with Gasteiger partial charge in [0.05, 0.1) is 37.5 Å². The lowest BCUT2D eigenvalue weighted by molar-refractivity contribution is -0.127. The van der Waals surface area contributed by atoms with Crippen molar-refractivity contribution in [3.8, 4) is 5.75 Å². The van der Waals surface area contributed by atoms with Crippen molar-refractivity contribution in [3.05, 3.63) is 29.8 Å². The summed E-state index contributed by atoms with van der Waals surface area (Å²) in [4.78, 5) is 41.8. The molecule has 0 aromatic heterocycles. The van der Waals surface area contributed by atoms with Crippen molar-refractivity contribution in [2.24, 2.45) is 23.7 Å². The summed E-state index contributed by atoms with van der Waals surface area (Å²) < 4.78 is 17.0. The number of rotatable bonds is 20. The third-order valence-electron chi connectivity index (χ3n) is 8.77. The second-order valence-corrected chi connectivity index (χ2v) is 14.7. The number of hydrogen-bond donors (Lipinski definition) is 4. The maximum atomic E-state index is 13.4. The fourth-order valence-electron chi connectivity index (χ4n) is 5.71. The lowest BCUT2D eigenvalue weighted by atomic mass is 9.82. The van der Waals surface area contributed by atoms with Crippen LogP contribution in [0.3, 0.4) is 0 Å². The fraction of sp³-hybridized carbons (Fsp3) is 0.757. The smallest absolute Gasteiger partial charge is 0.407 e. The third kappa shape index (κ3) is 15.6. The van der Waals surface area contributed by atoms with Crippen molar-refractivity contribution in [2.75, 3.05) is 52.5 Å². The standard InChI is InChI=1S/C37H64N4O7/c1-9-10-16-38-35(44)30(27(4)5)24-32(42)31(40-36(45)48-37(6,7)8)23-28(26(2)3)25-39-34(43)29-14-11-12-15-33(29)47-20-13-17-41-18-21-46-22-19-41/h11-12,14-15,26-28,30-32,42H,9-10,13,16-25H2,1-8H3,(H,38,44)(H,39,43)(H,40,45). The highest BCUT2D eigenvalue weighted by atomic mass is 16.6. The molecule has 1 aliphatic rings. The van der Waals surface area contributed by atoms with Crippen LogP contribution in [0.2, 0.25) is 0 Å². The first-order valence-electron chi connectivity index (χ1n) is 18.0. The number of morpholine rings is 1. The van der Waals surface area contributed by atoms with Gasteiger partial charge in [-0.2, -0.15) is 0 Å². The molecule has 1 aliphatic heterocycles. The van der Waals surface area contributed by atoms with E-state index in [0.29, 0.717) is 37.4 Å². The van der Waals surface area contributed by atoms with Crippen LogP contribution in [0.25, 0.3) is 0 Å². The lowest BCUT2D eigenvalue weighted by Gasteiger charge is -2.33. The number of alkyl carbamates (subject to hydrolysis) is 1. The largest absolute Gasteiger partial charge is 0.493 e. The van der Waals surface area contributed by atoms with Crippen molar-refractivity contribution < 1.29 is 33.7 Å². The Morgan fingerprint density at radius 1 is 0.979 bits per heavy atom. The van der Waals surface area contributed by atoms with Gasteiger partial charge in [0.1, 0.15) is 11.4 Å². The van der Waals surface area contributed by atoms with Crippen LogP contribution in [0.1, 0.15) is 97.9 Å². The van der Waals surface area contributed by atoms with Crippen LogP contribution in [0, 0.1) is 23.7 Å². The highest BCUT2D eigenvalue weighted by Gasteiger charge is 2.33. The summed E-state index contributed by atoms with van der Waals surface area (Å²) in [5, 5.41) is 20.5. The van der Waals surface area contributed by atoms with Gasteiger partial charge in [0.25, 0.3) is 5.91 Å². The van der Waals surface area contributed by atoms with Crippen LogP contribution in [-0.4, -0.2) is 98.2 Å². The Labute approximate surface area is 289 Å². The van der Waals surface area contributed by atoms with Gasteiger partial charge in [-0.25, -0.2) is 4.79 Å². The molecule has 4 unspecified atom stereocenters. The van der Waals surface area contributed by atoms with Gasteiger partial charge in [-0.1, -0.05) is 53.2 Å². The van der Waals surface area contributed by atoms with Crippen LogP contribution in [0.4, 0.5) is 4.79 Å². The Balaban J connectivity index is 2.11. The van der Waals surface area contributed by atoms with E-state index >= 15 is 0 Å². The maximum Gasteiger partial charge on any atom is 0.407 e. The minimum absolute atomic E-state index is 0.00899. The van der Waals surface area contributed by atoms with E-state index in [4.69, 9.17) is 14.2 Å². The van der Waals surface area contributed by atoms with Crippen molar-refractivity contribution >= 4 is 17.9 Å². The zero-order valence-electron chi connectivity index (χ0n) is 30.8. The molecule has 11 heteroatoms. The van der Waals surface area contributed by atoms with Gasteiger partial charge in [-0.3, -0.25) is 14.5 Å². The maximum absolute atomic E-state index is 13.4. The van der Waals surface area contributed by atoms with E-state index in [1.165, 1.54) is 0 Å². The number of para-hydroxylation sites is 1. The summed E-state index contributed by atoms with van der Waals surface area (Å²) in [5.41, 5.74) is -0.258. The Morgan fingerprint density at radius 2 is 1.67 bits per heavy atom. The van der Waals surface area contributed by atoms with E-state index in [-0.39, 0.29) is 36.0 Å². The minimum Gasteiger partial charge on any atom is -0.493 e. The molecule has 4 N–H and O–H groups in total. The normalized spacial score (nSPS) is 16.6. The average molecular weight is 677 g/mol. The number of nitrogens with zero attached hydrogens (tertiary/aromatic N) is 1. The van der Waals surface area contributed by atoms with E-state index in [1.807, 2.05) is 32.0 Å². The van der Waals surface area contributed by atoms with Gasteiger partial charge in [0, 0.05) is 38.6 Å². The highest BCUT2D eigenvalue weighted by Crippen LogP contribution is 2.25. The van der Waals surface area contributed by atoms with E-state index < -0.39 is 29.8 Å². The number of ether oxygens (including phenoxy) is 3. The molecule has 3 amide bonds. The number of aliphatic hydroxyl groups excluding tert-OH is 1. The molecular weight excluding hydrogens is 612 g/mol. The van der Waals surface area contributed by atoms with Crippen LogP contribution >= 0.6 is 0 Å². The molecule has 0 radical (unpaired) electrons. The predicted octanol–water partition coefficient (Wildman–Crippen LogP) is 5.01. The highest BCUT2D eigenvalue weighted by molar-refractivity contribution is 5.96. The van der Waals surface area contributed by atoms with Gasteiger partial charge < -0.3 is 35.3 Å². The molecule has 274 valence electrons. The number of benzene rings is 1. The molecule has 4 atom stereocenters. The van der Waals surface area contributed by atoms with Crippen LogP contribution in [-0.2, 0) is 14.3 Å². The second kappa shape index (κ2) is 21.3. The summed E-state index contributed by atoms with van der Waals surface area (Å²) in [6.07, 6.45) is 1.62. The molecule has 1 heterocycles. The molecule has 11 nitrogen and oxygen atoms in total. The Kier molecular flexibility index (Phi) is 18.3. The number of carbonyl (C=O) groups excluding carboxylic acids is 3. The van der Waals surface area contributed by atoms with Crippen molar-refractivity contribution in [2.45, 2.75) is 105 Å². The first-order chi connectivity index (χ1) is 22.7. The summed E-state index contributed by atoms with van der Waals surface area (Å²) in [5.74, 6) is -0.220. The number of aliphatic hydroxyl groups is 1. The Bertz CT molecular complexity index is 1100. The zero-order valence-corrected chi connectivity index (χ0v) is 30.8. The van der Waals surface area contributed by atoms with E-state index in [0.717, 1.165) is 52.1 Å². The molecule has 1 saturated heterocycles. The fourth-order valence-corrected chi connectivity index (χ4v) is 5.71. The Morgan fingerprint density at radius 3 is 2.29 bits per heavy atom.